The van der Waals surface area contributed by atoms with E-state index >= 15 is 0 Å². The lowest BCUT2D eigenvalue weighted by atomic mass is 10.0. The zero-order valence-electron chi connectivity index (χ0n) is 28.5. The van der Waals surface area contributed by atoms with Crippen LogP contribution in [0.3, 0.4) is 0 Å². The number of aryl methyl sites for hydroxylation is 1. The number of likely N-dealkylation sites (tertiary alicyclic amines) is 2. The lowest BCUT2D eigenvalue weighted by Gasteiger charge is -2.36. The molecule has 4 amide bonds. The Kier molecular flexibility index (Phi) is 12.2. The van der Waals surface area contributed by atoms with Gasteiger partial charge in [-0.1, -0.05) is 72.8 Å². The predicted octanol–water partition coefficient (Wildman–Crippen LogP) is 5.45. The van der Waals surface area contributed by atoms with E-state index in [1.54, 1.807) is 0 Å². The number of benzene rings is 3. The summed E-state index contributed by atoms with van der Waals surface area (Å²) >= 11 is 0. The van der Waals surface area contributed by atoms with Crippen LogP contribution in [0.5, 0.6) is 0 Å². The number of carbonyl (C=O) groups excluding carboxylic acids is 3. The lowest BCUT2D eigenvalue weighted by molar-refractivity contribution is -0.121. The van der Waals surface area contributed by atoms with Crippen LogP contribution < -0.4 is 10.6 Å². The summed E-state index contributed by atoms with van der Waals surface area (Å²) in [5.74, 6) is 0.0658. The van der Waals surface area contributed by atoms with E-state index < -0.39 is 6.09 Å². The maximum atomic E-state index is 12.7. The van der Waals surface area contributed by atoms with Crippen molar-refractivity contribution in [3.63, 3.8) is 0 Å². The number of ether oxygens (including phenoxy) is 1. The highest BCUT2D eigenvalue weighted by Gasteiger charge is 2.27. The van der Waals surface area contributed by atoms with Crippen molar-refractivity contribution >= 4 is 23.7 Å². The van der Waals surface area contributed by atoms with Gasteiger partial charge in [-0.15, -0.1) is 0 Å². The first kappa shape index (κ1) is 34.5. The molecule has 3 saturated heterocycles. The summed E-state index contributed by atoms with van der Waals surface area (Å²) in [6, 6.07) is 26.5. The Morgan fingerprint density at radius 1 is 0.694 bits per heavy atom. The van der Waals surface area contributed by atoms with Crippen molar-refractivity contribution in [2.75, 3.05) is 70.8 Å². The summed E-state index contributed by atoms with van der Waals surface area (Å²) < 4.78 is 5.76. The highest BCUT2D eigenvalue weighted by Crippen LogP contribution is 2.28. The largest absolute Gasteiger partial charge is 0.446 e. The monoisotopic (exact) mass is 666 g/mol. The Hall–Kier alpha value is -4.41. The molecular weight excluding hydrogens is 616 g/mol. The number of piperazine rings is 1. The molecular formula is C39H50N6O4. The number of nitrogens with zero attached hydrogens (tertiary/aromatic N) is 4. The maximum Gasteiger partial charge on any atom is 0.411 e. The highest BCUT2D eigenvalue weighted by atomic mass is 16.6. The van der Waals surface area contributed by atoms with Gasteiger partial charge in [-0.05, 0) is 54.9 Å². The summed E-state index contributed by atoms with van der Waals surface area (Å²) in [5.41, 5.74) is 5.15. The van der Waals surface area contributed by atoms with Crippen LogP contribution in [0.4, 0.5) is 15.3 Å². The molecule has 260 valence electrons. The van der Waals surface area contributed by atoms with Crippen LogP contribution in [-0.2, 0) is 22.5 Å². The zero-order valence-corrected chi connectivity index (χ0v) is 28.5. The van der Waals surface area contributed by atoms with Crippen molar-refractivity contribution in [2.45, 2.75) is 51.2 Å². The number of nitrogens with one attached hydrogen (secondary N) is 2. The molecule has 3 aromatic carbocycles. The van der Waals surface area contributed by atoms with E-state index in [0.717, 1.165) is 114 Å². The van der Waals surface area contributed by atoms with Gasteiger partial charge in [0.15, 0.2) is 0 Å². The molecule has 0 atom stereocenters. The number of anilines is 1. The molecule has 0 bridgehead atoms. The third-order valence-corrected chi connectivity index (χ3v) is 9.90. The number of urea groups is 1. The molecule has 2 N–H and O–H groups in total. The SMILES string of the molecule is O=C(CCc1ccc(CN2CCN(C(=O)N3CCCC3)CC2)cc1)NCCN1CCC(OC(=O)Nc2ccccc2-c2ccccc2)CC1. The number of carbonyl (C=O) groups is 3. The molecule has 0 aromatic heterocycles. The second kappa shape index (κ2) is 17.3. The fraction of sp³-hybridized carbons (Fsp3) is 0.462. The fourth-order valence-corrected chi connectivity index (χ4v) is 6.98. The highest BCUT2D eigenvalue weighted by molar-refractivity contribution is 5.91. The van der Waals surface area contributed by atoms with Crippen molar-refractivity contribution in [1.82, 2.24) is 24.9 Å². The van der Waals surface area contributed by atoms with Crippen molar-refractivity contribution in [3.05, 3.63) is 90.0 Å². The average molecular weight is 667 g/mol. The summed E-state index contributed by atoms with van der Waals surface area (Å²) in [6.07, 6.45) is 4.42. The van der Waals surface area contributed by atoms with E-state index in [9.17, 15) is 14.4 Å². The smallest absolute Gasteiger partial charge is 0.411 e. The van der Waals surface area contributed by atoms with E-state index in [0.29, 0.717) is 19.4 Å². The molecule has 0 unspecified atom stereocenters. The minimum absolute atomic E-state index is 0.0658. The van der Waals surface area contributed by atoms with Crippen molar-refractivity contribution in [2.24, 2.45) is 0 Å². The number of hydrogen-bond donors (Lipinski definition) is 2. The van der Waals surface area contributed by atoms with Gasteiger partial charge >= 0.3 is 12.1 Å². The average Bonchev–Trinajstić information content (AvgIpc) is 3.68. The van der Waals surface area contributed by atoms with E-state index in [1.165, 1.54) is 5.56 Å². The fourth-order valence-electron chi connectivity index (χ4n) is 6.98. The van der Waals surface area contributed by atoms with E-state index in [4.69, 9.17) is 4.74 Å². The third-order valence-electron chi connectivity index (χ3n) is 9.90. The molecule has 0 radical (unpaired) electrons. The van der Waals surface area contributed by atoms with Crippen LogP contribution in [-0.4, -0.2) is 109 Å². The van der Waals surface area contributed by atoms with Gasteiger partial charge in [0.05, 0.1) is 5.69 Å². The Labute approximate surface area is 290 Å². The molecule has 49 heavy (non-hydrogen) atoms. The number of rotatable bonds is 11. The van der Waals surface area contributed by atoms with Gasteiger partial charge in [-0.25, -0.2) is 9.59 Å². The Bertz CT molecular complexity index is 1510. The first-order chi connectivity index (χ1) is 24.0. The number of piperidine rings is 1. The number of hydrogen-bond acceptors (Lipinski definition) is 6. The molecule has 6 rings (SSSR count). The standard InChI is InChI=1S/C39H50N6O4/c46-37(17-16-31-12-14-32(15-13-31)30-43-26-28-45(29-27-43)39(48)44-21-6-7-22-44)40-20-25-42-23-18-34(19-24-42)49-38(47)41-36-11-5-4-10-35(36)33-8-2-1-3-9-33/h1-5,8-15,34H,6-7,16-30H2,(H,40,46)(H,41,47). The Morgan fingerprint density at radius 2 is 1.35 bits per heavy atom. The van der Waals surface area contributed by atoms with Gasteiger partial charge in [0.25, 0.3) is 0 Å². The van der Waals surface area contributed by atoms with Crippen molar-refractivity contribution in [1.29, 1.82) is 0 Å². The minimum atomic E-state index is -0.427. The van der Waals surface area contributed by atoms with Crippen molar-refractivity contribution < 1.29 is 19.1 Å². The normalized spacial score (nSPS) is 17.6. The maximum absolute atomic E-state index is 12.7. The van der Waals surface area contributed by atoms with E-state index in [1.807, 2.05) is 64.4 Å². The molecule has 10 heteroatoms. The van der Waals surface area contributed by atoms with Crippen LogP contribution in [0.25, 0.3) is 11.1 Å². The van der Waals surface area contributed by atoms with Crippen LogP contribution in [0.2, 0.25) is 0 Å². The molecule has 10 nitrogen and oxygen atoms in total. The second-order valence-electron chi connectivity index (χ2n) is 13.4. The zero-order chi connectivity index (χ0) is 33.8. The lowest BCUT2D eigenvalue weighted by Crippen LogP contribution is -2.52. The minimum Gasteiger partial charge on any atom is -0.446 e. The molecule has 3 heterocycles. The molecule has 3 aliphatic heterocycles. The van der Waals surface area contributed by atoms with Gasteiger partial charge in [0.2, 0.25) is 5.91 Å². The molecule has 3 fully saturated rings. The summed E-state index contributed by atoms with van der Waals surface area (Å²) in [5, 5.41) is 6.00. The van der Waals surface area contributed by atoms with Gasteiger partial charge in [0.1, 0.15) is 6.10 Å². The van der Waals surface area contributed by atoms with Gasteiger partial charge in [0, 0.05) is 84.0 Å². The van der Waals surface area contributed by atoms with Crippen LogP contribution in [0, 0.1) is 0 Å². The predicted molar refractivity (Wildman–Crippen MR) is 192 cm³/mol. The molecule has 0 saturated carbocycles. The molecule has 3 aromatic rings. The molecule has 0 aliphatic carbocycles. The number of amides is 4. The van der Waals surface area contributed by atoms with Gasteiger partial charge in [-0.3, -0.25) is 15.0 Å². The number of para-hydroxylation sites is 1. The van der Waals surface area contributed by atoms with E-state index in [-0.39, 0.29) is 18.0 Å². The first-order valence-corrected chi connectivity index (χ1v) is 18.0. The summed E-state index contributed by atoms with van der Waals surface area (Å²) in [4.78, 5) is 46.6. The summed E-state index contributed by atoms with van der Waals surface area (Å²) in [7, 11) is 0. The first-order valence-electron chi connectivity index (χ1n) is 18.0. The Morgan fingerprint density at radius 3 is 2.08 bits per heavy atom. The van der Waals surface area contributed by atoms with Crippen LogP contribution in [0.1, 0.15) is 43.2 Å². The Balaban J connectivity index is 0.824. The third kappa shape index (κ3) is 10.1. The van der Waals surface area contributed by atoms with Crippen molar-refractivity contribution in [3.8, 4) is 11.1 Å². The van der Waals surface area contributed by atoms with Gasteiger partial charge in [-0.2, -0.15) is 0 Å². The van der Waals surface area contributed by atoms with E-state index in [2.05, 4.69) is 44.7 Å². The van der Waals surface area contributed by atoms with Gasteiger partial charge < -0.3 is 24.8 Å². The second-order valence-corrected chi connectivity index (χ2v) is 13.4. The topological polar surface area (TPSA) is 97.5 Å². The molecule has 3 aliphatic rings. The quantitative estimate of drug-likeness (QED) is 0.283. The summed E-state index contributed by atoms with van der Waals surface area (Å²) in [6.45, 7) is 9.11. The molecule has 0 spiro atoms. The van der Waals surface area contributed by atoms with Crippen LogP contribution >= 0.6 is 0 Å². The van der Waals surface area contributed by atoms with Crippen LogP contribution in [0.15, 0.2) is 78.9 Å².